The van der Waals surface area contributed by atoms with Crippen molar-refractivity contribution in [1.29, 1.82) is 0 Å². The lowest BCUT2D eigenvalue weighted by molar-refractivity contribution is 0.615. The number of fused-ring (bicyclic) bond motifs is 1. The Morgan fingerprint density at radius 1 is 0.923 bits per heavy atom. The first kappa shape index (κ1) is 14.8. The molecule has 5 rings (SSSR count). The lowest BCUT2D eigenvalue weighted by Crippen LogP contribution is -2.30. The zero-order valence-electron chi connectivity index (χ0n) is 13.9. The molecule has 0 atom stereocenters. The normalized spacial score (nSPS) is 14.9. The van der Waals surface area contributed by atoms with Gasteiger partial charge in [-0.05, 0) is 23.3 Å². The molecule has 4 heterocycles. The molecule has 0 amide bonds. The molecule has 6 heteroatoms. The van der Waals surface area contributed by atoms with E-state index in [0.717, 1.165) is 40.2 Å². The van der Waals surface area contributed by atoms with Gasteiger partial charge in [0.15, 0.2) is 0 Å². The fourth-order valence-corrected chi connectivity index (χ4v) is 3.67. The van der Waals surface area contributed by atoms with Gasteiger partial charge in [0.05, 0.1) is 18.2 Å². The summed E-state index contributed by atoms with van der Waals surface area (Å²) in [6, 6.07) is 8.17. The van der Waals surface area contributed by atoms with E-state index in [4.69, 9.17) is 0 Å². The van der Waals surface area contributed by atoms with Crippen LogP contribution >= 0.6 is 0 Å². The van der Waals surface area contributed by atoms with Gasteiger partial charge >= 0.3 is 0 Å². The predicted molar refractivity (Wildman–Crippen MR) is 98.2 cm³/mol. The van der Waals surface area contributed by atoms with Crippen LogP contribution < -0.4 is 0 Å². The van der Waals surface area contributed by atoms with Crippen molar-refractivity contribution in [2.45, 2.75) is 11.8 Å². The van der Waals surface area contributed by atoms with Crippen molar-refractivity contribution in [3.8, 4) is 11.4 Å². The molecule has 0 spiro atoms. The van der Waals surface area contributed by atoms with Crippen LogP contribution in [-0.4, -0.2) is 30.1 Å². The van der Waals surface area contributed by atoms with Crippen molar-refractivity contribution in [3.05, 3.63) is 90.0 Å². The second kappa shape index (κ2) is 5.77. The van der Waals surface area contributed by atoms with E-state index in [-0.39, 0.29) is 5.41 Å². The second-order valence-electron chi connectivity index (χ2n) is 6.39. The maximum absolute atomic E-state index is 4.51. The Morgan fingerprint density at radius 2 is 1.69 bits per heavy atom. The Labute approximate surface area is 150 Å². The number of rotatable bonds is 3. The molecule has 6 nitrogen and oxygen atoms in total. The molecule has 0 fully saturated rings. The molecule has 4 aromatic rings. The summed E-state index contributed by atoms with van der Waals surface area (Å²) in [5.74, 6) is 0. The molecule has 0 aromatic carbocycles. The fourth-order valence-electron chi connectivity index (χ4n) is 3.67. The van der Waals surface area contributed by atoms with E-state index in [2.05, 4.69) is 54.4 Å². The van der Waals surface area contributed by atoms with Gasteiger partial charge in [0.1, 0.15) is 5.69 Å². The molecule has 2 N–H and O–H groups in total. The van der Waals surface area contributed by atoms with Crippen molar-refractivity contribution < 1.29 is 0 Å². The van der Waals surface area contributed by atoms with Gasteiger partial charge in [-0.25, -0.2) is 4.98 Å². The lowest BCUT2D eigenvalue weighted by atomic mass is 9.69. The zero-order valence-corrected chi connectivity index (χ0v) is 13.9. The molecular weight excluding hydrogens is 324 g/mol. The number of H-pyrrole nitrogens is 2. The van der Waals surface area contributed by atoms with Crippen molar-refractivity contribution in [3.63, 3.8) is 0 Å². The van der Waals surface area contributed by atoms with E-state index in [0.29, 0.717) is 0 Å². The number of nitrogens with one attached hydrogen (secondary N) is 2. The van der Waals surface area contributed by atoms with Crippen molar-refractivity contribution in [1.82, 2.24) is 30.1 Å². The number of aromatic nitrogens is 6. The molecular formula is C20H16N6. The average Bonchev–Trinajstić information content (AvgIpc) is 3.38. The Hall–Kier alpha value is -3.54. The summed E-state index contributed by atoms with van der Waals surface area (Å²) in [7, 11) is 0. The van der Waals surface area contributed by atoms with Crippen LogP contribution in [0.4, 0.5) is 0 Å². The molecule has 0 radical (unpaired) electrons. The zero-order chi connectivity index (χ0) is 17.4. The van der Waals surface area contributed by atoms with Gasteiger partial charge in [-0.15, -0.1) is 0 Å². The Bertz CT molecular complexity index is 1010. The van der Waals surface area contributed by atoms with E-state index < -0.39 is 0 Å². The summed E-state index contributed by atoms with van der Waals surface area (Å²) in [6.07, 6.45) is 16.0. The monoisotopic (exact) mass is 340 g/mol. The third-order valence-corrected chi connectivity index (χ3v) is 4.98. The summed E-state index contributed by atoms with van der Waals surface area (Å²) >= 11 is 0. The Balaban J connectivity index is 1.67. The minimum Gasteiger partial charge on any atom is -0.343 e. The number of imidazole rings is 1. The highest BCUT2D eigenvalue weighted by Gasteiger charge is 2.37. The molecule has 0 bridgehead atoms. The number of hydrogen-bond acceptors (Lipinski definition) is 4. The second-order valence-corrected chi connectivity index (χ2v) is 6.39. The number of nitrogens with zero attached hydrogens (tertiary/aromatic N) is 4. The van der Waals surface area contributed by atoms with E-state index in [9.17, 15) is 0 Å². The van der Waals surface area contributed by atoms with Gasteiger partial charge < -0.3 is 4.98 Å². The molecule has 1 aliphatic carbocycles. The Kier molecular flexibility index (Phi) is 3.28. The topological polar surface area (TPSA) is 83.1 Å². The van der Waals surface area contributed by atoms with E-state index >= 15 is 0 Å². The molecule has 0 aliphatic heterocycles. The van der Waals surface area contributed by atoms with Gasteiger partial charge in [0.25, 0.3) is 0 Å². The van der Waals surface area contributed by atoms with Gasteiger partial charge in [0, 0.05) is 47.9 Å². The highest BCUT2D eigenvalue weighted by atomic mass is 15.1. The highest BCUT2D eigenvalue weighted by Crippen LogP contribution is 2.42. The van der Waals surface area contributed by atoms with Gasteiger partial charge in [-0.2, -0.15) is 5.10 Å². The highest BCUT2D eigenvalue weighted by molar-refractivity contribution is 5.74. The van der Waals surface area contributed by atoms with Crippen LogP contribution in [0.2, 0.25) is 0 Å². The molecule has 0 unspecified atom stereocenters. The third-order valence-electron chi connectivity index (χ3n) is 4.98. The smallest absolute Gasteiger partial charge is 0.117 e. The van der Waals surface area contributed by atoms with Gasteiger partial charge in [-0.3, -0.25) is 15.1 Å². The van der Waals surface area contributed by atoms with Gasteiger partial charge in [0.2, 0.25) is 0 Å². The van der Waals surface area contributed by atoms with E-state index in [1.54, 1.807) is 24.9 Å². The molecule has 126 valence electrons. The van der Waals surface area contributed by atoms with Crippen LogP contribution in [0.1, 0.15) is 22.4 Å². The number of allylic oxidation sites excluding steroid dienone is 1. The number of hydrogen-bond donors (Lipinski definition) is 2. The minimum atomic E-state index is -0.326. The molecule has 0 saturated heterocycles. The standard InChI is InChI=1S/C20H16N6/c1-3-14(10-21-7-1)20(15-4-2-8-22-11-15)6-5-16-17(9-20)25-26-19(16)18-12-23-13-24-18/h1-8,10-13H,9H2,(H,23,24)(H,25,26). The van der Waals surface area contributed by atoms with Crippen LogP contribution in [0.15, 0.2) is 67.7 Å². The quantitative estimate of drug-likeness (QED) is 0.600. The van der Waals surface area contributed by atoms with Crippen LogP contribution in [-0.2, 0) is 11.8 Å². The lowest BCUT2D eigenvalue weighted by Gasteiger charge is -2.33. The molecule has 1 aliphatic rings. The summed E-state index contributed by atoms with van der Waals surface area (Å²) in [5, 5.41) is 7.73. The first-order chi connectivity index (χ1) is 12.9. The SMILES string of the molecule is C1=CC(c2cccnc2)(c2cccnc2)Cc2[nH]nc(-c3cnc[nH]3)c21. The maximum atomic E-state index is 4.51. The summed E-state index contributed by atoms with van der Waals surface area (Å²) in [6.45, 7) is 0. The van der Waals surface area contributed by atoms with Crippen molar-refractivity contribution >= 4 is 6.08 Å². The summed E-state index contributed by atoms with van der Waals surface area (Å²) in [4.78, 5) is 15.9. The van der Waals surface area contributed by atoms with Crippen molar-refractivity contribution in [2.24, 2.45) is 0 Å². The predicted octanol–water partition coefficient (Wildman–Crippen LogP) is 3.15. The molecule has 26 heavy (non-hydrogen) atoms. The number of pyridine rings is 2. The van der Waals surface area contributed by atoms with E-state index in [1.165, 1.54) is 0 Å². The van der Waals surface area contributed by atoms with Crippen LogP contribution in [0.25, 0.3) is 17.5 Å². The first-order valence-corrected chi connectivity index (χ1v) is 8.43. The summed E-state index contributed by atoms with van der Waals surface area (Å²) < 4.78 is 0. The first-order valence-electron chi connectivity index (χ1n) is 8.43. The maximum Gasteiger partial charge on any atom is 0.117 e. The van der Waals surface area contributed by atoms with Crippen LogP contribution in [0.5, 0.6) is 0 Å². The van der Waals surface area contributed by atoms with Crippen LogP contribution in [0, 0.1) is 0 Å². The van der Waals surface area contributed by atoms with Crippen molar-refractivity contribution in [2.75, 3.05) is 0 Å². The van der Waals surface area contributed by atoms with Crippen LogP contribution in [0.3, 0.4) is 0 Å². The largest absolute Gasteiger partial charge is 0.343 e. The third kappa shape index (κ3) is 2.19. The summed E-state index contributed by atoms with van der Waals surface area (Å²) in [5.41, 5.74) is 5.91. The average molecular weight is 340 g/mol. The fraction of sp³-hybridized carbons (Fsp3) is 0.100. The minimum absolute atomic E-state index is 0.326. The molecule has 4 aromatic heterocycles. The van der Waals surface area contributed by atoms with E-state index in [1.807, 2.05) is 24.5 Å². The number of aromatic amines is 2. The molecule has 0 saturated carbocycles. The van der Waals surface area contributed by atoms with Gasteiger partial charge in [-0.1, -0.05) is 24.3 Å². The Morgan fingerprint density at radius 3 is 2.31 bits per heavy atom.